The first kappa shape index (κ1) is 27.7. The van der Waals surface area contributed by atoms with Crippen molar-refractivity contribution in [1.82, 2.24) is 9.62 Å². The van der Waals surface area contributed by atoms with Crippen molar-refractivity contribution in [2.45, 2.75) is 32.4 Å². The number of sulfonamides is 1. The Morgan fingerprint density at radius 3 is 2.18 bits per heavy atom. The standard InChI is InChI=1S/C25H29Cl2N3O3S/c1-19(28)23(27)17-22(15-16-26)34(32,33)29-24(14-13-20-9-5-3-6-10-20)25(31)30(2)18-21-11-7-4-8-12-21/h3-12,15-17,24,29H,13-14,18,28H2,1-2H3/b16-15+,22-17+,23-19-/t24-/m1/s1. The van der Waals surface area contributed by atoms with Crippen molar-refractivity contribution in [1.29, 1.82) is 0 Å². The van der Waals surface area contributed by atoms with Crippen LogP contribution in [0.3, 0.4) is 0 Å². The van der Waals surface area contributed by atoms with Gasteiger partial charge in [-0.25, -0.2) is 8.42 Å². The van der Waals surface area contributed by atoms with E-state index in [-0.39, 0.29) is 28.0 Å². The average Bonchev–Trinajstić information content (AvgIpc) is 2.82. The van der Waals surface area contributed by atoms with Crippen LogP contribution in [0.2, 0.25) is 0 Å². The second-order valence-electron chi connectivity index (χ2n) is 7.75. The molecule has 0 bridgehead atoms. The van der Waals surface area contributed by atoms with Gasteiger partial charge in [0.1, 0.15) is 6.04 Å². The molecule has 2 rings (SSSR count). The minimum Gasteiger partial charge on any atom is -0.401 e. The van der Waals surface area contributed by atoms with Crippen molar-refractivity contribution in [2.75, 3.05) is 7.05 Å². The summed E-state index contributed by atoms with van der Waals surface area (Å²) in [4.78, 5) is 14.6. The molecule has 1 atom stereocenters. The molecule has 6 nitrogen and oxygen atoms in total. The van der Waals surface area contributed by atoms with Crippen LogP contribution >= 0.6 is 23.2 Å². The number of rotatable bonds is 11. The third-order valence-electron chi connectivity index (χ3n) is 4.98. The number of benzene rings is 2. The third-order valence-corrected chi connectivity index (χ3v) is 6.98. The van der Waals surface area contributed by atoms with E-state index in [1.807, 2.05) is 60.7 Å². The molecule has 0 saturated heterocycles. The molecular weight excluding hydrogens is 493 g/mol. The van der Waals surface area contributed by atoms with E-state index in [0.717, 1.165) is 16.7 Å². The van der Waals surface area contributed by atoms with Gasteiger partial charge in [0.05, 0.1) is 9.94 Å². The highest BCUT2D eigenvalue weighted by molar-refractivity contribution is 7.93. The van der Waals surface area contributed by atoms with E-state index in [2.05, 4.69) is 4.72 Å². The molecule has 0 heterocycles. The summed E-state index contributed by atoms with van der Waals surface area (Å²) >= 11 is 11.7. The molecule has 0 spiro atoms. The summed E-state index contributed by atoms with van der Waals surface area (Å²) in [6, 6.07) is 18.0. The van der Waals surface area contributed by atoms with Crippen LogP contribution in [0.15, 0.2) is 94.0 Å². The highest BCUT2D eigenvalue weighted by Gasteiger charge is 2.28. The minimum absolute atomic E-state index is 0.0588. The fraction of sp³-hybridized carbons (Fsp3) is 0.240. The number of allylic oxidation sites excluding steroid dienone is 4. The Hall–Kier alpha value is -2.58. The second-order valence-corrected chi connectivity index (χ2v) is 10.1. The van der Waals surface area contributed by atoms with Gasteiger partial charge in [-0.3, -0.25) is 4.79 Å². The molecule has 182 valence electrons. The largest absolute Gasteiger partial charge is 0.401 e. The maximum atomic E-state index is 13.3. The van der Waals surface area contributed by atoms with Crippen LogP contribution in [0.4, 0.5) is 0 Å². The SMILES string of the molecule is C\C(N)=C(Cl)/C=C(\C=C\Cl)S(=O)(=O)N[C@H](CCc1ccccc1)C(=O)N(C)Cc1ccccc1. The van der Waals surface area contributed by atoms with E-state index in [1.54, 1.807) is 14.0 Å². The Morgan fingerprint density at radius 2 is 1.65 bits per heavy atom. The lowest BCUT2D eigenvalue weighted by Crippen LogP contribution is -2.47. The quantitative estimate of drug-likeness (QED) is 0.421. The number of carbonyl (C=O) groups excluding carboxylic acids is 1. The van der Waals surface area contributed by atoms with Crippen LogP contribution in [-0.2, 0) is 27.8 Å². The fourth-order valence-corrected chi connectivity index (χ4v) is 4.80. The van der Waals surface area contributed by atoms with Gasteiger partial charge in [0.25, 0.3) is 0 Å². The van der Waals surface area contributed by atoms with Crippen molar-refractivity contribution in [3.63, 3.8) is 0 Å². The van der Waals surface area contributed by atoms with Crippen molar-refractivity contribution in [3.8, 4) is 0 Å². The van der Waals surface area contributed by atoms with E-state index in [0.29, 0.717) is 13.0 Å². The van der Waals surface area contributed by atoms with Gasteiger partial charge in [0.2, 0.25) is 15.9 Å². The molecule has 0 aliphatic rings. The normalized spacial score (nSPS) is 14.1. The number of hydrogen-bond donors (Lipinski definition) is 2. The summed E-state index contributed by atoms with van der Waals surface area (Å²) in [7, 11) is -2.51. The number of carbonyl (C=O) groups is 1. The van der Waals surface area contributed by atoms with E-state index in [4.69, 9.17) is 28.9 Å². The van der Waals surface area contributed by atoms with Gasteiger partial charge in [0.15, 0.2) is 0 Å². The van der Waals surface area contributed by atoms with E-state index in [1.165, 1.54) is 17.1 Å². The molecule has 2 aromatic carbocycles. The zero-order valence-corrected chi connectivity index (χ0v) is 21.4. The van der Waals surface area contributed by atoms with Gasteiger partial charge < -0.3 is 10.6 Å². The van der Waals surface area contributed by atoms with Gasteiger partial charge >= 0.3 is 0 Å². The van der Waals surface area contributed by atoms with Crippen molar-refractivity contribution < 1.29 is 13.2 Å². The van der Waals surface area contributed by atoms with Gasteiger partial charge in [-0.1, -0.05) is 83.9 Å². The Kier molecular flexibility index (Phi) is 10.9. The first-order valence-corrected chi connectivity index (χ1v) is 12.9. The van der Waals surface area contributed by atoms with Gasteiger partial charge in [-0.2, -0.15) is 4.72 Å². The average molecular weight is 522 g/mol. The maximum absolute atomic E-state index is 13.3. The summed E-state index contributed by atoms with van der Waals surface area (Å²) in [6.07, 6.45) is 3.15. The molecule has 0 aromatic heterocycles. The van der Waals surface area contributed by atoms with Crippen LogP contribution < -0.4 is 10.5 Å². The predicted molar refractivity (Wildman–Crippen MR) is 139 cm³/mol. The smallest absolute Gasteiger partial charge is 0.241 e. The van der Waals surface area contributed by atoms with Crippen LogP contribution in [0, 0.1) is 0 Å². The molecule has 3 N–H and O–H groups in total. The number of nitrogens with two attached hydrogens (primary N) is 1. The molecule has 0 unspecified atom stereocenters. The number of halogens is 2. The lowest BCUT2D eigenvalue weighted by Gasteiger charge is -2.25. The lowest BCUT2D eigenvalue weighted by molar-refractivity contribution is -0.132. The van der Waals surface area contributed by atoms with E-state index < -0.39 is 16.1 Å². The van der Waals surface area contributed by atoms with E-state index >= 15 is 0 Å². The molecule has 1 amide bonds. The first-order valence-electron chi connectivity index (χ1n) is 10.6. The van der Waals surface area contributed by atoms with Crippen molar-refractivity contribution in [2.24, 2.45) is 5.73 Å². The summed E-state index contributed by atoms with van der Waals surface area (Å²) in [5, 5.41) is 0.0588. The van der Waals surface area contributed by atoms with Crippen LogP contribution in [0.1, 0.15) is 24.5 Å². The minimum atomic E-state index is -4.15. The fourth-order valence-electron chi connectivity index (χ4n) is 3.16. The zero-order valence-electron chi connectivity index (χ0n) is 19.1. The number of nitrogens with one attached hydrogen (secondary N) is 1. The second kappa shape index (κ2) is 13.3. The number of amides is 1. The zero-order chi connectivity index (χ0) is 25.1. The Bertz CT molecular complexity index is 1140. The summed E-state index contributed by atoms with van der Waals surface area (Å²) in [5.74, 6) is -0.353. The molecule has 0 fully saturated rings. The van der Waals surface area contributed by atoms with Crippen LogP contribution in [0.25, 0.3) is 0 Å². The van der Waals surface area contributed by atoms with Crippen molar-refractivity contribution >= 4 is 39.1 Å². The van der Waals surface area contributed by atoms with Crippen LogP contribution in [0.5, 0.6) is 0 Å². The third kappa shape index (κ3) is 8.65. The van der Waals surface area contributed by atoms with E-state index in [9.17, 15) is 13.2 Å². The molecule has 0 radical (unpaired) electrons. The topological polar surface area (TPSA) is 92.5 Å². The first-order chi connectivity index (χ1) is 16.1. The Balaban J connectivity index is 2.33. The molecule has 9 heteroatoms. The number of hydrogen-bond acceptors (Lipinski definition) is 4. The Morgan fingerprint density at radius 1 is 1.09 bits per heavy atom. The van der Waals surface area contributed by atoms with Crippen molar-refractivity contribution in [3.05, 3.63) is 105 Å². The monoisotopic (exact) mass is 521 g/mol. The molecular formula is C25H29Cl2N3O3S. The molecule has 34 heavy (non-hydrogen) atoms. The number of aryl methyl sites for hydroxylation is 1. The molecule has 0 saturated carbocycles. The van der Waals surface area contributed by atoms with Gasteiger partial charge in [-0.05, 0) is 43.0 Å². The molecule has 0 aliphatic heterocycles. The summed E-state index contributed by atoms with van der Waals surface area (Å²) in [5.41, 5.74) is 8.90. The predicted octanol–water partition coefficient (Wildman–Crippen LogP) is 4.63. The molecule has 2 aromatic rings. The number of likely N-dealkylation sites (N-methyl/N-ethyl adjacent to an activating group) is 1. The Labute approximate surface area is 211 Å². The highest BCUT2D eigenvalue weighted by atomic mass is 35.5. The highest BCUT2D eigenvalue weighted by Crippen LogP contribution is 2.18. The molecule has 0 aliphatic carbocycles. The summed E-state index contributed by atoms with van der Waals surface area (Å²) < 4.78 is 28.9. The van der Waals surface area contributed by atoms with Gasteiger partial charge in [-0.15, -0.1) is 0 Å². The summed E-state index contributed by atoms with van der Waals surface area (Å²) in [6.45, 7) is 1.89. The number of nitrogens with zero attached hydrogens (tertiary/aromatic N) is 1. The van der Waals surface area contributed by atoms with Crippen LogP contribution in [-0.4, -0.2) is 32.3 Å². The van der Waals surface area contributed by atoms with Gasteiger partial charge in [0, 0.05) is 24.8 Å². The lowest BCUT2D eigenvalue weighted by atomic mass is 10.0. The maximum Gasteiger partial charge on any atom is 0.241 e.